The fourth-order valence-electron chi connectivity index (χ4n) is 10.5. The molecular formula is C50H88O15Si3. The van der Waals surface area contributed by atoms with Gasteiger partial charge in [0.1, 0.15) is 39.6 Å². The summed E-state index contributed by atoms with van der Waals surface area (Å²) in [5.41, 5.74) is -1.21. The van der Waals surface area contributed by atoms with Crippen LogP contribution in [0, 0.1) is 58.7 Å². The molecule has 4 rings (SSSR count). The molecule has 3 aliphatic carbocycles. The van der Waals surface area contributed by atoms with E-state index in [2.05, 4.69) is 59.3 Å². The highest BCUT2D eigenvalue weighted by Gasteiger charge is 2.46. The minimum absolute atomic E-state index is 0.00149. The molecule has 0 aromatic carbocycles. The fraction of sp³-hybridized carbons (Fsp3) is 0.880. The number of hydrogen-bond acceptors (Lipinski definition) is 15. The molecule has 1 aliphatic heterocycles. The molecule has 0 amide bonds. The van der Waals surface area contributed by atoms with Crippen molar-refractivity contribution in [3.05, 3.63) is 0 Å². The summed E-state index contributed by atoms with van der Waals surface area (Å²) < 4.78 is 55.2. The Morgan fingerprint density at radius 1 is 0.647 bits per heavy atom. The van der Waals surface area contributed by atoms with Gasteiger partial charge in [0, 0.05) is 0 Å². The molecule has 15 nitrogen and oxygen atoms in total. The first-order valence-corrected chi connectivity index (χ1v) is 35.6. The SMILES string of the molecule is CCC1(COC(=O)C2CC(C)CCC2C(=O)OCC(C)O[Si](C)(C)C)COC(=O)C2CCC(C)CC2C(=O)OCC(C)O[Si](C)(C)CC(O[Si](C)(C)C)COC(=O)C2CCC(C)CC2C(=O)OC1. The highest BCUT2D eigenvalue weighted by atomic mass is 28.4. The van der Waals surface area contributed by atoms with Gasteiger partial charge in [-0.15, -0.1) is 0 Å². The highest BCUT2D eigenvalue weighted by molar-refractivity contribution is 6.72. The standard InChI is InChI=1S/C50H88O15Si3/c1-15-50(30-61-48(55)42-23-33(3)16-19-38(42)44(51)57-25-35(5)63-66(7,8)9)29-60-46(53)40-21-18-32(2)22-41(40)47(54)58-26-36(6)64-68(13,14)28-37(65-67(10,11)12)27-59-45(52)39-20-17-34(4)24-43(39)49(56)62-31-50/h32-43H,15-31H2,1-14H3. The van der Waals surface area contributed by atoms with Gasteiger partial charge in [0.15, 0.2) is 25.0 Å². The second-order valence-electron chi connectivity index (χ2n) is 23.7. The molecule has 13 unspecified atom stereocenters. The molecular weight excluding hydrogens is 925 g/mol. The third kappa shape index (κ3) is 18.2. The molecule has 13 atom stereocenters. The molecule has 1 saturated heterocycles. The van der Waals surface area contributed by atoms with Crippen LogP contribution in [0.2, 0.25) is 58.4 Å². The van der Waals surface area contributed by atoms with E-state index < -0.39 is 114 Å². The molecule has 18 heteroatoms. The van der Waals surface area contributed by atoms with Crippen molar-refractivity contribution in [1.82, 2.24) is 0 Å². The average Bonchev–Trinajstić information content (AvgIpc) is 3.24. The normalized spacial score (nSPS) is 34.7. The number of rotatable bonds is 11. The van der Waals surface area contributed by atoms with E-state index in [1.165, 1.54) is 0 Å². The van der Waals surface area contributed by atoms with E-state index in [1.54, 1.807) is 0 Å². The Morgan fingerprint density at radius 3 is 1.68 bits per heavy atom. The van der Waals surface area contributed by atoms with Crippen LogP contribution in [0.15, 0.2) is 0 Å². The summed E-state index contributed by atoms with van der Waals surface area (Å²) in [6.45, 7) is 27.5. The quantitative estimate of drug-likeness (QED) is 0.108. The van der Waals surface area contributed by atoms with Gasteiger partial charge in [-0.3, -0.25) is 28.8 Å². The van der Waals surface area contributed by atoms with Gasteiger partial charge in [-0.05, 0) is 154 Å². The molecule has 0 spiro atoms. The third-order valence-electron chi connectivity index (χ3n) is 14.1. The maximum absolute atomic E-state index is 14.3. The van der Waals surface area contributed by atoms with Crippen molar-refractivity contribution < 1.29 is 70.5 Å². The zero-order valence-electron chi connectivity index (χ0n) is 44.1. The monoisotopic (exact) mass is 1010 g/mol. The maximum Gasteiger partial charge on any atom is 0.309 e. The Hall–Kier alpha value is -2.65. The lowest BCUT2D eigenvalue weighted by Gasteiger charge is -2.37. The van der Waals surface area contributed by atoms with E-state index in [9.17, 15) is 28.8 Å². The lowest BCUT2D eigenvalue weighted by Crippen LogP contribution is -2.46. The average molecular weight is 1010 g/mol. The van der Waals surface area contributed by atoms with Gasteiger partial charge >= 0.3 is 35.8 Å². The minimum Gasteiger partial charge on any atom is -0.465 e. The van der Waals surface area contributed by atoms with Crippen LogP contribution in [0.5, 0.6) is 0 Å². The molecule has 4 aliphatic rings. The predicted molar refractivity (Wildman–Crippen MR) is 263 cm³/mol. The Labute approximate surface area is 410 Å². The molecule has 390 valence electrons. The Kier molecular flexibility index (Phi) is 21.4. The van der Waals surface area contributed by atoms with Crippen molar-refractivity contribution in [2.45, 2.75) is 182 Å². The van der Waals surface area contributed by atoms with Gasteiger partial charge < -0.3 is 41.7 Å². The molecule has 0 N–H and O–H groups in total. The van der Waals surface area contributed by atoms with Crippen LogP contribution < -0.4 is 0 Å². The Bertz CT molecular complexity index is 1710. The summed E-state index contributed by atoms with van der Waals surface area (Å²) in [6, 6.07) is 0.520. The van der Waals surface area contributed by atoms with E-state index >= 15 is 0 Å². The molecule has 0 radical (unpaired) electrons. The van der Waals surface area contributed by atoms with Crippen LogP contribution in [0.1, 0.15) is 106 Å². The second kappa shape index (κ2) is 25.1. The summed E-state index contributed by atoms with van der Waals surface area (Å²) >= 11 is 0. The summed E-state index contributed by atoms with van der Waals surface area (Å²) in [7, 11) is -6.50. The van der Waals surface area contributed by atoms with E-state index in [0.717, 1.165) is 12.8 Å². The van der Waals surface area contributed by atoms with Crippen molar-refractivity contribution in [3.63, 3.8) is 0 Å². The van der Waals surface area contributed by atoms with E-state index in [4.69, 9.17) is 41.7 Å². The molecule has 0 aromatic heterocycles. The van der Waals surface area contributed by atoms with E-state index in [1.807, 2.05) is 34.6 Å². The van der Waals surface area contributed by atoms with Crippen LogP contribution in [0.3, 0.4) is 0 Å². The van der Waals surface area contributed by atoms with Crippen molar-refractivity contribution in [2.24, 2.45) is 58.7 Å². The predicted octanol–water partition coefficient (Wildman–Crippen LogP) is 8.88. The molecule has 4 fully saturated rings. The first kappa shape index (κ1) is 57.9. The van der Waals surface area contributed by atoms with Crippen LogP contribution in [0.4, 0.5) is 0 Å². The number of cyclic esters (lactones) is 4. The zero-order chi connectivity index (χ0) is 50.8. The van der Waals surface area contributed by atoms with Gasteiger partial charge in [0.25, 0.3) is 0 Å². The largest absolute Gasteiger partial charge is 0.465 e. The molecule has 68 heavy (non-hydrogen) atoms. The van der Waals surface area contributed by atoms with Gasteiger partial charge in [-0.1, -0.05) is 27.7 Å². The lowest BCUT2D eigenvalue weighted by molar-refractivity contribution is -0.178. The molecule has 0 bridgehead atoms. The van der Waals surface area contributed by atoms with Crippen molar-refractivity contribution in [2.75, 3.05) is 39.6 Å². The van der Waals surface area contributed by atoms with Crippen LogP contribution in [-0.4, -0.2) is 119 Å². The molecule has 0 aromatic rings. The van der Waals surface area contributed by atoms with Crippen molar-refractivity contribution in [1.29, 1.82) is 0 Å². The number of carbonyl (C=O) groups is 6. The van der Waals surface area contributed by atoms with E-state index in [-0.39, 0.29) is 69.9 Å². The summed E-state index contributed by atoms with van der Waals surface area (Å²) in [5, 5.41) is 0. The topological polar surface area (TPSA) is 185 Å². The smallest absolute Gasteiger partial charge is 0.309 e. The van der Waals surface area contributed by atoms with E-state index in [0.29, 0.717) is 51.0 Å². The molecule has 1 heterocycles. The van der Waals surface area contributed by atoms with Gasteiger partial charge in [-0.2, -0.15) is 0 Å². The summed E-state index contributed by atoms with van der Waals surface area (Å²) in [4.78, 5) is 84.2. The number of esters is 6. The minimum atomic E-state index is -2.50. The van der Waals surface area contributed by atoms with Crippen LogP contribution in [0.25, 0.3) is 0 Å². The molecule has 3 saturated carbocycles. The number of hydrogen-bond donors (Lipinski definition) is 0. The van der Waals surface area contributed by atoms with Gasteiger partial charge in [-0.25, -0.2) is 0 Å². The Morgan fingerprint density at radius 2 is 1.13 bits per heavy atom. The number of ether oxygens (including phenoxy) is 6. The Balaban J connectivity index is 1.64. The highest BCUT2D eigenvalue weighted by Crippen LogP contribution is 2.40. The van der Waals surface area contributed by atoms with Crippen LogP contribution in [-0.2, 0) is 70.5 Å². The fourth-order valence-corrected chi connectivity index (χ4v) is 15.7. The van der Waals surface area contributed by atoms with Gasteiger partial charge in [0.05, 0.1) is 59.2 Å². The maximum atomic E-state index is 14.3. The van der Waals surface area contributed by atoms with Crippen LogP contribution >= 0.6 is 0 Å². The first-order chi connectivity index (χ1) is 31.6. The number of fused-ring (bicyclic) bond motifs is 2. The summed E-state index contributed by atoms with van der Waals surface area (Å²) in [6.07, 6.45) is 3.91. The summed E-state index contributed by atoms with van der Waals surface area (Å²) in [5.74, 6) is -7.24. The lowest BCUT2D eigenvalue weighted by atomic mass is 9.74. The van der Waals surface area contributed by atoms with Crippen molar-refractivity contribution in [3.8, 4) is 0 Å². The zero-order valence-corrected chi connectivity index (χ0v) is 47.1. The first-order valence-electron chi connectivity index (χ1n) is 25.6. The second-order valence-corrected chi connectivity index (χ2v) is 36.8. The number of carbonyl (C=O) groups excluding carboxylic acids is 6. The van der Waals surface area contributed by atoms with Crippen molar-refractivity contribution >= 4 is 60.8 Å². The van der Waals surface area contributed by atoms with Gasteiger partial charge in [0.2, 0.25) is 0 Å². The third-order valence-corrected chi connectivity index (χ3v) is 18.7.